The molecule has 12 heteroatoms. The maximum Gasteiger partial charge on any atom is 0.263 e. The number of nitrogens with one attached hydrogen (secondary N) is 2. The highest BCUT2D eigenvalue weighted by Gasteiger charge is 2.39. The highest BCUT2D eigenvalue weighted by molar-refractivity contribution is 6.12. The van der Waals surface area contributed by atoms with E-state index in [1.165, 1.54) is 25.5 Å². The van der Waals surface area contributed by atoms with Crippen molar-refractivity contribution in [2.24, 2.45) is 5.92 Å². The summed E-state index contributed by atoms with van der Waals surface area (Å²) >= 11 is 0. The predicted molar refractivity (Wildman–Crippen MR) is 146 cm³/mol. The van der Waals surface area contributed by atoms with Gasteiger partial charge in [-0.3, -0.25) is 14.6 Å². The van der Waals surface area contributed by atoms with Crippen LogP contribution in [0, 0.1) is 11.7 Å². The van der Waals surface area contributed by atoms with Gasteiger partial charge in [0.2, 0.25) is 5.91 Å². The van der Waals surface area contributed by atoms with E-state index in [-0.39, 0.29) is 47.7 Å². The molecule has 10 nitrogen and oxygen atoms in total. The molecule has 5 rings (SSSR count). The van der Waals surface area contributed by atoms with Crippen molar-refractivity contribution in [1.29, 1.82) is 0 Å². The number of halogens is 2. The summed E-state index contributed by atoms with van der Waals surface area (Å²) in [7, 11) is 1.69. The Bertz CT molecular complexity index is 1190. The number of amides is 2. The minimum Gasteiger partial charge on any atom is -0.381 e. The van der Waals surface area contributed by atoms with Gasteiger partial charge in [0.15, 0.2) is 11.6 Å². The third kappa shape index (κ3) is 5.65. The smallest absolute Gasteiger partial charge is 0.263 e. The van der Waals surface area contributed by atoms with Crippen molar-refractivity contribution < 1.29 is 18.4 Å². The molecule has 2 aliphatic heterocycles. The van der Waals surface area contributed by atoms with Crippen molar-refractivity contribution >= 4 is 34.8 Å². The second-order valence-electron chi connectivity index (χ2n) is 11.0. The summed E-state index contributed by atoms with van der Waals surface area (Å²) in [5, 5.41) is 10.2. The molecule has 212 valence electrons. The average Bonchev–Trinajstić information content (AvgIpc) is 3.25. The topological polar surface area (TPSA) is 121 Å². The minimum atomic E-state index is -1.16. The van der Waals surface area contributed by atoms with Crippen LogP contribution >= 0.6 is 0 Å². The number of hydrogen-bond donors (Lipinski definition) is 3. The Morgan fingerprint density at radius 1 is 1.10 bits per heavy atom. The molecular weight excluding hydrogens is 506 g/mol. The van der Waals surface area contributed by atoms with Gasteiger partial charge in [0.1, 0.15) is 23.2 Å². The summed E-state index contributed by atoms with van der Waals surface area (Å²) < 4.78 is 31.9. The highest BCUT2D eigenvalue weighted by atomic mass is 19.1. The first-order valence-electron chi connectivity index (χ1n) is 14.0. The lowest BCUT2D eigenvalue weighted by atomic mass is 9.84. The summed E-state index contributed by atoms with van der Waals surface area (Å²) in [5.41, 5.74) is 6.56. The molecule has 2 unspecified atom stereocenters. The molecular formula is C27H38F2N8O2. The van der Waals surface area contributed by atoms with Crippen LogP contribution in [0.25, 0.3) is 0 Å². The fourth-order valence-corrected chi connectivity index (χ4v) is 6.18. The van der Waals surface area contributed by atoms with Crippen molar-refractivity contribution in [2.75, 3.05) is 54.5 Å². The molecule has 0 radical (unpaired) electrons. The Morgan fingerprint density at radius 2 is 1.79 bits per heavy atom. The van der Waals surface area contributed by atoms with Gasteiger partial charge in [-0.2, -0.15) is 5.10 Å². The van der Waals surface area contributed by atoms with E-state index in [0.717, 1.165) is 44.7 Å². The Labute approximate surface area is 227 Å². The second-order valence-corrected chi connectivity index (χ2v) is 11.0. The molecule has 2 amide bonds. The predicted octanol–water partition coefficient (Wildman–Crippen LogP) is 3.98. The van der Waals surface area contributed by atoms with Crippen molar-refractivity contribution in [1.82, 2.24) is 19.7 Å². The van der Waals surface area contributed by atoms with E-state index in [2.05, 4.69) is 20.7 Å². The molecule has 2 aromatic rings. The third-order valence-corrected chi connectivity index (χ3v) is 8.31. The Balaban J connectivity index is 1.41. The van der Waals surface area contributed by atoms with Gasteiger partial charge in [0, 0.05) is 26.7 Å². The summed E-state index contributed by atoms with van der Waals surface area (Å²) in [6, 6.07) is -0.507. The lowest BCUT2D eigenvalue weighted by Crippen LogP contribution is -2.49. The van der Waals surface area contributed by atoms with E-state index < -0.39 is 23.9 Å². The molecule has 4 N–H and O–H groups in total. The first-order valence-corrected chi connectivity index (χ1v) is 14.0. The zero-order valence-corrected chi connectivity index (χ0v) is 22.5. The van der Waals surface area contributed by atoms with Gasteiger partial charge in [0.25, 0.3) is 5.91 Å². The summed E-state index contributed by atoms with van der Waals surface area (Å²) in [6.45, 7) is 0.867. The van der Waals surface area contributed by atoms with Gasteiger partial charge >= 0.3 is 0 Å². The molecule has 1 saturated carbocycles. The first-order chi connectivity index (χ1) is 18.8. The molecule has 2 aromatic heterocycles. The molecule has 1 saturated heterocycles. The molecule has 39 heavy (non-hydrogen) atoms. The Morgan fingerprint density at radius 3 is 2.49 bits per heavy atom. The summed E-state index contributed by atoms with van der Waals surface area (Å²) in [6.07, 6.45) is 11.1. The van der Waals surface area contributed by atoms with E-state index >= 15 is 4.39 Å². The number of rotatable bonds is 4. The zero-order valence-electron chi connectivity index (χ0n) is 22.5. The van der Waals surface area contributed by atoms with E-state index in [1.807, 2.05) is 0 Å². The average molecular weight is 545 g/mol. The molecule has 3 aliphatic rings. The number of alkyl halides is 1. The van der Waals surface area contributed by atoms with Crippen molar-refractivity contribution in [2.45, 2.75) is 70.0 Å². The lowest BCUT2D eigenvalue weighted by molar-refractivity contribution is -0.129. The maximum atomic E-state index is 15.4. The van der Waals surface area contributed by atoms with Gasteiger partial charge in [-0.25, -0.2) is 13.5 Å². The summed E-state index contributed by atoms with van der Waals surface area (Å²) in [4.78, 5) is 32.9. The number of carbonyl (C=O) groups excluding carboxylic acids is 2. The number of nitrogen functional groups attached to an aromatic ring is 1. The van der Waals surface area contributed by atoms with Gasteiger partial charge in [0.05, 0.1) is 30.7 Å². The van der Waals surface area contributed by atoms with Crippen LogP contribution in [0.5, 0.6) is 0 Å². The van der Waals surface area contributed by atoms with E-state index in [9.17, 15) is 14.0 Å². The largest absolute Gasteiger partial charge is 0.381 e. The molecule has 0 bridgehead atoms. The fraction of sp³-hybridized carbons (Fsp3) is 0.630. The fourth-order valence-electron chi connectivity index (χ4n) is 6.18. The number of fused-ring (bicyclic) bond motifs is 1. The van der Waals surface area contributed by atoms with E-state index in [4.69, 9.17) is 5.73 Å². The Hall–Kier alpha value is -3.44. The third-order valence-electron chi connectivity index (χ3n) is 8.31. The van der Waals surface area contributed by atoms with Crippen LogP contribution in [0.4, 0.5) is 31.8 Å². The molecule has 1 aliphatic carbocycles. The van der Waals surface area contributed by atoms with Crippen molar-refractivity contribution in [3.8, 4) is 0 Å². The first kappa shape index (κ1) is 27.1. The highest BCUT2D eigenvalue weighted by Crippen LogP contribution is 2.41. The van der Waals surface area contributed by atoms with Gasteiger partial charge in [-0.1, -0.05) is 44.9 Å². The van der Waals surface area contributed by atoms with Crippen molar-refractivity contribution in [3.05, 3.63) is 23.8 Å². The molecule has 2 atom stereocenters. The van der Waals surface area contributed by atoms with Crippen molar-refractivity contribution in [3.63, 3.8) is 0 Å². The van der Waals surface area contributed by atoms with E-state index in [0.29, 0.717) is 18.9 Å². The van der Waals surface area contributed by atoms with Crippen LogP contribution in [-0.4, -0.2) is 70.9 Å². The zero-order chi connectivity index (χ0) is 27.5. The molecule has 0 aromatic carbocycles. The normalized spacial score (nSPS) is 23.2. The van der Waals surface area contributed by atoms with Crippen LogP contribution in [0.3, 0.4) is 0 Å². The second kappa shape index (κ2) is 11.7. The van der Waals surface area contributed by atoms with Crippen LogP contribution in [0.15, 0.2) is 12.4 Å². The number of carbonyl (C=O) groups is 2. The van der Waals surface area contributed by atoms with E-state index in [1.54, 1.807) is 21.5 Å². The monoisotopic (exact) mass is 544 g/mol. The number of pyridine rings is 1. The lowest BCUT2D eigenvalue weighted by Gasteiger charge is -2.35. The maximum absolute atomic E-state index is 15.4. The molecule has 4 heterocycles. The number of hydrogen-bond acceptors (Lipinski definition) is 7. The number of aromatic nitrogens is 3. The van der Waals surface area contributed by atoms with Gasteiger partial charge in [-0.15, -0.1) is 0 Å². The van der Waals surface area contributed by atoms with Gasteiger partial charge < -0.3 is 26.2 Å². The quantitative estimate of drug-likeness (QED) is 0.532. The number of piperazine rings is 1. The summed E-state index contributed by atoms with van der Waals surface area (Å²) in [5.74, 6) is -0.942. The van der Waals surface area contributed by atoms with Crippen LogP contribution in [0.2, 0.25) is 0 Å². The van der Waals surface area contributed by atoms with Crippen LogP contribution in [0.1, 0.15) is 74.2 Å². The number of nitrogens with zero attached hydrogens (tertiary/aromatic N) is 5. The SMILES string of the molecule is CN1CCN(c2c(F)cncc2NC(=O)c2c(N)nn3c2NCC(F)C3C2CCCCCCCCC2)CC1=O. The molecule has 0 spiro atoms. The number of likely N-dealkylation sites (N-methyl/N-ethyl adjacent to an activating group) is 1. The van der Waals surface area contributed by atoms with Crippen LogP contribution in [-0.2, 0) is 4.79 Å². The van der Waals surface area contributed by atoms with Gasteiger partial charge in [-0.05, 0) is 18.8 Å². The number of anilines is 4. The Kier molecular flexibility index (Phi) is 8.18. The van der Waals surface area contributed by atoms with Crippen LogP contribution < -0.4 is 21.3 Å². The standard InChI is InChI=1S/C27H38F2N8O2/c1-35-11-12-36(16-21(35)38)24-18(28)13-31-15-20(24)33-27(39)22-25(30)34-37-23(19(29)14-32-26(22)37)17-9-7-5-3-2-4-6-8-10-17/h13,15,17,19,23,32H,2-12,14,16H2,1H3,(H2,30,34)(H,33,39). The number of nitrogens with two attached hydrogens (primary N) is 1. The molecule has 2 fully saturated rings. The minimum absolute atomic E-state index is 0.0188.